The fraction of sp³-hybridized carbons (Fsp3) is 0.381. The van der Waals surface area contributed by atoms with Crippen LogP contribution in [-0.2, 0) is 11.8 Å². The van der Waals surface area contributed by atoms with E-state index in [4.69, 9.17) is 9.15 Å². The molecule has 4 aromatic rings. The van der Waals surface area contributed by atoms with Crippen molar-refractivity contribution in [3.63, 3.8) is 0 Å². The second kappa shape index (κ2) is 6.73. The van der Waals surface area contributed by atoms with E-state index in [0.717, 1.165) is 46.2 Å². The van der Waals surface area contributed by atoms with Crippen molar-refractivity contribution in [2.24, 2.45) is 7.05 Å². The van der Waals surface area contributed by atoms with Gasteiger partial charge in [-0.25, -0.2) is 14.8 Å². The molecule has 0 aliphatic carbocycles. The lowest BCUT2D eigenvalue weighted by molar-refractivity contribution is 0.0696. The first kappa shape index (κ1) is 17.9. The summed E-state index contributed by atoms with van der Waals surface area (Å²) in [5.41, 5.74) is 5.21. The van der Waals surface area contributed by atoms with Crippen LogP contribution in [0.3, 0.4) is 0 Å². The lowest BCUT2D eigenvalue weighted by Gasteiger charge is -2.23. The van der Waals surface area contributed by atoms with Gasteiger partial charge in [-0.2, -0.15) is 0 Å². The minimum Gasteiger partial charge on any atom is -0.441 e. The zero-order valence-corrected chi connectivity index (χ0v) is 16.7. The minimum absolute atomic E-state index is 0.0133. The van der Waals surface area contributed by atoms with E-state index in [1.165, 1.54) is 0 Å². The largest absolute Gasteiger partial charge is 0.441 e. The summed E-state index contributed by atoms with van der Waals surface area (Å²) in [7, 11) is 1.79. The molecular weight excluding hydrogens is 370 g/mol. The van der Waals surface area contributed by atoms with E-state index in [-0.39, 0.29) is 11.7 Å². The predicted octanol–water partition coefficient (Wildman–Crippen LogP) is 3.59. The van der Waals surface area contributed by atoms with Gasteiger partial charge in [-0.15, -0.1) is 0 Å². The third-order valence-corrected chi connectivity index (χ3v) is 5.64. The van der Waals surface area contributed by atoms with Gasteiger partial charge in [0.25, 0.3) is 0 Å². The monoisotopic (exact) mass is 393 g/mol. The van der Waals surface area contributed by atoms with E-state index in [0.29, 0.717) is 24.9 Å². The number of aromatic nitrogens is 4. The first-order valence-electron chi connectivity index (χ1n) is 9.81. The number of pyridine rings is 1. The highest BCUT2D eigenvalue weighted by atomic mass is 16.5. The fourth-order valence-corrected chi connectivity index (χ4v) is 4.09. The summed E-state index contributed by atoms with van der Waals surface area (Å²) in [6.07, 6.45) is 3.43. The average Bonchev–Trinajstić information content (AvgIpc) is 3.18. The summed E-state index contributed by atoms with van der Waals surface area (Å²) in [5, 5.41) is 3.38. The summed E-state index contributed by atoms with van der Waals surface area (Å²) in [6.45, 7) is 5.21. The SMILES string of the molecule is Cc1nc2cc(C)c(Nc3cc4c(cn3)n(C)c(=O)n4C3CCOCC3)cc2o1. The Balaban J connectivity index is 1.57. The highest BCUT2D eigenvalue weighted by molar-refractivity contribution is 5.83. The maximum atomic E-state index is 12.9. The highest BCUT2D eigenvalue weighted by Crippen LogP contribution is 2.29. The fourth-order valence-electron chi connectivity index (χ4n) is 4.09. The molecule has 1 N–H and O–H groups in total. The van der Waals surface area contributed by atoms with Gasteiger partial charge in [-0.3, -0.25) is 9.13 Å². The molecular formula is C21H23N5O3. The number of ether oxygens (including phenoxy) is 1. The molecule has 1 fully saturated rings. The number of nitrogens with one attached hydrogen (secondary N) is 1. The maximum Gasteiger partial charge on any atom is 0.329 e. The van der Waals surface area contributed by atoms with Crippen molar-refractivity contribution in [2.75, 3.05) is 18.5 Å². The van der Waals surface area contributed by atoms with Crippen LogP contribution in [0.1, 0.15) is 30.3 Å². The van der Waals surface area contributed by atoms with Crippen molar-refractivity contribution in [3.05, 3.63) is 46.3 Å². The molecule has 0 saturated carbocycles. The summed E-state index contributed by atoms with van der Waals surface area (Å²) in [4.78, 5) is 21.8. The molecule has 0 amide bonds. The molecule has 0 bridgehead atoms. The maximum absolute atomic E-state index is 12.9. The van der Waals surface area contributed by atoms with Crippen molar-refractivity contribution in [1.29, 1.82) is 0 Å². The minimum atomic E-state index is -0.0133. The van der Waals surface area contributed by atoms with Crippen LogP contribution in [0.4, 0.5) is 11.5 Å². The first-order valence-corrected chi connectivity index (χ1v) is 9.81. The first-order chi connectivity index (χ1) is 14.0. The van der Waals surface area contributed by atoms with E-state index >= 15 is 0 Å². The van der Waals surface area contributed by atoms with Gasteiger partial charge >= 0.3 is 5.69 Å². The Hall–Kier alpha value is -3.13. The number of anilines is 2. The van der Waals surface area contributed by atoms with Crippen LogP contribution < -0.4 is 11.0 Å². The Kier molecular flexibility index (Phi) is 4.16. The number of fused-ring (bicyclic) bond motifs is 2. The Labute approximate surface area is 167 Å². The second-order valence-corrected chi connectivity index (χ2v) is 7.61. The van der Waals surface area contributed by atoms with Gasteiger partial charge in [0.1, 0.15) is 11.3 Å². The zero-order valence-electron chi connectivity index (χ0n) is 16.7. The quantitative estimate of drug-likeness (QED) is 0.572. The molecule has 0 spiro atoms. The van der Waals surface area contributed by atoms with Gasteiger partial charge in [0.2, 0.25) is 0 Å². The second-order valence-electron chi connectivity index (χ2n) is 7.61. The molecule has 0 atom stereocenters. The molecule has 1 aromatic carbocycles. The van der Waals surface area contributed by atoms with Crippen molar-refractivity contribution in [3.8, 4) is 0 Å². The smallest absolute Gasteiger partial charge is 0.329 e. The summed E-state index contributed by atoms with van der Waals surface area (Å²) >= 11 is 0. The van der Waals surface area contributed by atoms with E-state index in [1.807, 2.05) is 36.6 Å². The summed E-state index contributed by atoms with van der Waals surface area (Å²) in [6, 6.07) is 6.02. The van der Waals surface area contributed by atoms with E-state index in [1.54, 1.807) is 17.8 Å². The van der Waals surface area contributed by atoms with Crippen LogP contribution in [0.2, 0.25) is 0 Å². The van der Waals surface area contributed by atoms with Crippen molar-refractivity contribution < 1.29 is 9.15 Å². The van der Waals surface area contributed by atoms with Crippen LogP contribution in [-0.4, -0.2) is 32.3 Å². The molecule has 3 aromatic heterocycles. The zero-order chi connectivity index (χ0) is 20.1. The summed E-state index contributed by atoms with van der Waals surface area (Å²) in [5.74, 6) is 1.32. The van der Waals surface area contributed by atoms with Gasteiger partial charge < -0.3 is 14.5 Å². The van der Waals surface area contributed by atoms with Crippen LogP contribution in [0.25, 0.3) is 22.1 Å². The van der Waals surface area contributed by atoms with Crippen molar-refractivity contribution in [1.82, 2.24) is 19.1 Å². The number of aryl methyl sites for hydroxylation is 3. The lowest BCUT2D eigenvalue weighted by atomic mass is 10.1. The molecule has 1 aliphatic rings. The number of hydrogen-bond donors (Lipinski definition) is 1. The van der Waals surface area contributed by atoms with Crippen LogP contribution in [0.15, 0.2) is 33.6 Å². The molecule has 29 heavy (non-hydrogen) atoms. The van der Waals surface area contributed by atoms with Crippen LogP contribution >= 0.6 is 0 Å². The molecule has 1 saturated heterocycles. The average molecular weight is 393 g/mol. The number of hydrogen-bond acceptors (Lipinski definition) is 6. The molecule has 8 nitrogen and oxygen atoms in total. The number of rotatable bonds is 3. The molecule has 0 unspecified atom stereocenters. The van der Waals surface area contributed by atoms with Gasteiger partial charge in [0.15, 0.2) is 11.5 Å². The van der Waals surface area contributed by atoms with Gasteiger partial charge in [0, 0.05) is 51.0 Å². The highest BCUT2D eigenvalue weighted by Gasteiger charge is 2.22. The van der Waals surface area contributed by atoms with Gasteiger partial charge in [0.05, 0.1) is 17.2 Å². The summed E-state index contributed by atoms with van der Waals surface area (Å²) < 4.78 is 14.7. The molecule has 8 heteroatoms. The number of nitrogens with zero attached hydrogens (tertiary/aromatic N) is 4. The Morgan fingerprint density at radius 3 is 2.72 bits per heavy atom. The molecule has 1 aliphatic heterocycles. The molecule has 4 heterocycles. The van der Waals surface area contributed by atoms with Gasteiger partial charge in [-0.1, -0.05) is 0 Å². The van der Waals surface area contributed by atoms with Gasteiger partial charge in [-0.05, 0) is 31.4 Å². The lowest BCUT2D eigenvalue weighted by Crippen LogP contribution is -2.29. The van der Waals surface area contributed by atoms with E-state index < -0.39 is 0 Å². The normalized spacial score (nSPS) is 15.4. The Morgan fingerprint density at radius 2 is 1.93 bits per heavy atom. The molecule has 5 rings (SSSR count). The number of imidazole rings is 1. The van der Waals surface area contributed by atoms with Crippen LogP contribution in [0.5, 0.6) is 0 Å². The molecule has 0 radical (unpaired) electrons. The van der Waals surface area contributed by atoms with E-state index in [2.05, 4.69) is 15.3 Å². The standard InChI is InChI=1S/C21H23N5O3/c1-12-8-16-19(29-13(2)23-16)9-15(12)24-20-10-17-18(11-22-20)25(3)21(27)26(17)14-4-6-28-7-5-14/h8-11,14H,4-7H2,1-3H3,(H,22,24). The predicted molar refractivity (Wildman–Crippen MR) is 111 cm³/mol. The van der Waals surface area contributed by atoms with Crippen molar-refractivity contribution >= 4 is 33.6 Å². The number of oxazole rings is 1. The Bertz CT molecular complexity index is 1280. The van der Waals surface area contributed by atoms with E-state index in [9.17, 15) is 4.79 Å². The Morgan fingerprint density at radius 1 is 1.14 bits per heavy atom. The van der Waals surface area contributed by atoms with Crippen molar-refractivity contribution in [2.45, 2.75) is 32.7 Å². The van der Waals surface area contributed by atoms with Crippen LogP contribution in [0, 0.1) is 13.8 Å². The third kappa shape index (κ3) is 3.00. The molecule has 150 valence electrons. The topological polar surface area (TPSA) is 87.1 Å². The number of benzene rings is 1. The third-order valence-electron chi connectivity index (χ3n) is 5.64.